The van der Waals surface area contributed by atoms with E-state index in [1.54, 1.807) is 0 Å². The van der Waals surface area contributed by atoms with E-state index in [9.17, 15) is 9.59 Å². The topological polar surface area (TPSA) is 52.7 Å². The summed E-state index contributed by atoms with van der Waals surface area (Å²) in [6.07, 6.45) is 9.00. The number of nitrogens with one attached hydrogen (secondary N) is 1. The van der Waals surface area contributed by atoms with Gasteiger partial charge in [-0.25, -0.2) is 0 Å². The van der Waals surface area contributed by atoms with Crippen LogP contribution >= 0.6 is 0 Å². The van der Waals surface area contributed by atoms with Gasteiger partial charge in [0.2, 0.25) is 11.8 Å². The molecule has 2 heterocycles. The van der Waals surface area contributed by atoms with Crippen molar-refractivity contribution in [3.8, 4) is 0 Å². The molecule has 0 radical (unpaired) electrons. The fourth-order valence-corrected chi connectivity index (χ4v) is 4.95. The van der Waals surface area contributed by atoms with E-state index in [4.69, 9.17) is 0 Å². The van der Waals surface area contributed by atoms with Crippen LogP contribution in [0.1, 0.15) is 65.2 Å². The summed E-state index contributed by atoms with van der Waals surface area (Å²) in [7, 11) is 0. The Balaban J connectivity index is 1.39. The van der Waals surface area contributed by atoms with Gasteiger partial charge in [-0.15, -0.1) is 0 Å². The number of piperidine rings is 2. The molecule has 3 unspecified atom stereocenters. The van der Waals surface area contributed by atoms with Gasteiger partial charge in [0.25, 0.3) is 0 Å². The van der Waals surface area contributed by atoms with Crippen molar-refractivity contribution in [3.63, 3.8) is 0 Å². The van der Waals surface area contributed by atoms with Gasteiger partial charge >= 0.3 is 0 Å². The molecule has 3 atom stereocenters. The molecule has 2 amide bonds. The molecule has 0 aromatic heterocycles. The van der Waals surface area contributed by atoms with Crippen molar-refractivity contribution in [2.75, 3.05) is 32.7 Å². The minimum atomic E-state index is 0.164. The van der Waals surface area contributed by atoms with Crippen molar-refractivity contribution in [1.29, 1.82) is 0 Å². The summed E-state index contributed by atoms with van der Waals surface area (Å²) in [5.41, 5.74) is 0. The third-order valence-electron chi connectivity index (χ3n) is 7.02. The first kappa shape index (κ1) is 19.7. The zero-order chi connectivity index (χ0) is 18.5. The van der Waals surface area contributed by atoms with Gasteiger partial charge in [-0.3, -0.25) is 14.5 Å². The highest BCUT2D eigenvalue weighted by Crippen LogP contribution is 2.29. The third-order valence-corrected chi connectivity index (χ3v) is 7.02. The Kier molecular flexibility index (Phi) is 6.96. The fraction of sp³-hybridized carbons (Fsp3) is 0.905. The van der Waals surface area contributed by atoms with Crippen LogP contribution in [-0.4, -0.2) is 60.4 Å². The number of amides is 2. The van der Waals surface area contributed by atoms with Gasteiger partial charge in [-0.1, -0.05) is 26.7 Å². The average Bonchev–Trinajstić information content (AvgIpc) is 2.66. The molecule has 5 heteroatoms. The van der Waals surface area contributed by atoms with E-state index in [1.807, 2.05) is 0 Å². The van der Waals surface area contributed by atoms with E-state index in [1.165, 1.54) is 19.3 Å². The number of carbonyl (C=O) groups is 2. The molecule has 1 aliphatic carbocycles. The van der Waals surface area contributed by atoms with Crippen LogP contribution in [0.3, 0.4) is 0 Å². The first-order chi connectivity index (χ1) is 12.5. The lowest BCUT2D eigenvalue weighted by Crippen LogP contribution is -2.49. The van der Waals surface area contributed by atoms with Gasteiger partial charge in [-0.05, 0) is 63.5 Å². The standard InChI is InChI=1S/C21H37N3O2/c1-16-7-6-8-19(17(16)2)22-20(25)15-23-13-9-18(10-14-23)21(26)24-11-4-3-5-12-24/h16-19H,3-15H2,1-2H3,(H,22,25). The highest BCUT2D eigenvalue weighted by atomic mass is 16.2. The van der Waals surface area contributed by atoms with Crippen LogP contribution in [0.4, 0.5) is 0 Å². The summed E-state index contributed by atoms with van der Waals surface area (Å²) in [6, 6.07) is 0.337. The molecular weight excluding hydrogens is 326 g/mol. The lowest BCUT2D eigenvalue weighted by atomic mass is 9.78. The Hall–Kier alpha value is -1.10. The van der Waals surface area contributed by atoms with Crippen LogP contribution in [0.2, 0.25) is 0 Å². The molecule has 1 N–H and O–H groups in total. The zero-order valence-corrected chi connectivity index (χ0v) is 16.7. The highest BCUT2D eigenvalue weighted by molar-refractivity contribution is 5.79. The predicted molar refractivity (Wildman–Crippen MR) is 104 cm³/mol. The number of rotatable bonds is 4. The fourth-order valence-electron chi connectivity index (χ4n) is 4.95. The van der Waals surface area contributed by atoms with Gasteiger partial charge in [0.1, 0.15) is 0 Å². The maximum atomic E-state index is 12.6. The maximum Gasteiger partial charge on any atom is 0.234 e. The van der Waals surface area contributed by atoms with E-state index in [0.717, 1.165) is 58.3 Å². The first-order valence-electron chi connectivity index (χ1n) is 10.8. The molecule has 3 rings (SSSR count). The number of hydrogen-bond acceptors (Lipinski definition) is 3. The minimum Gasteiger partial charge on any atom is -0.352 e. The monoisotopic (exact) mass is 363 g/mol. The van der Waals surface area contributed by atoms with E-state index >= 15 is 0 Å². The van der Waals surface area contributed by atoms with Crippen molar-refractivity contribution in [2.45, 2.75) is 71.3 Å². The molecule has 5 nitrogen and oxygen atoms in total. The van der Waals surface area contributed by atoms with Crippen LogP contribution in [0.25, 0.3) is 0 Å². The van der Waals surface area contributed by atoms with E-state index in [2.05, 4.69) is 29.0 Å². The Labute approximate surface area is 158 Å². The summed E-state index contributed by atoms with van der Waals surface area (Å²) in [5, 5.41) is 3.28. The van der Waals surface area contributed by atoms with Gasteiger partial charge in [0, 0.05) is 25.0 Å². The molecule has 0 spiro atoms. The summed E-state index contributed by atoms with van der Waals surface area (Å²) in [5.74, 6) is 1.97. The second kappa shape index (κ2) is 9.20. The van der Waals surface area contributed by atoms with Crippen molar-refractivity contribution in [1.82, 2.24) is 15.1 Å². The van der Waals surface area contributed by atoms with Crippen molar-refractivity contribution in [3.05, 3.63) is 0 Å². The lowest BCUT2D eigenvalue weighted by molar-refractivity contribution is -0.138. The Morgan fingerprint density at radius 1 is 0.885 bits per heavy atom. The SMILES string of the molecule is CC1CCCC(NC(=O)CN2CCC(C(=O)N3CCCCC3)CC2)C1C. The third kappa shape index (κ3) is 4.99. The Morgan fingerprint density at radius 3 is 2.27 bits per heavy atom. The highest BCUT2D eigenvalue weighted by Gasteiger charge is 2.31. The van der Waals surface area contributed by atoms with Crippen molar-refractivity contribution >= 4 is 11.8 Å². The zero-order valence-electron chi connectivity index (χ0n) is 16.7. The molecule has 2 aliphatic heterocycles. The van der Waals surface area contributed by atoms with Crippen LogP contribution in [0.15, 0.2) is 0 Å². The molecule has 2 saturated heterocycles. The molecular formula is C21H37N3O2. The molecule has 3 fully saturated rings. The average molecular weight is 364 g/mol. The summed E-state index contributed by atoms with van der Waals surface area (Å²) in [6.45, 7) is 8.68. The predicted octanol–water partition coefficient (Wildman–Crippen LogP) is 2.65. The summed E-state index contributed by atoms with van der Waals surface area (Å²) in [4.78, 5) is 29.4. The largest absolute Gasteiger partial charge is 0.352 e. The quantitative estimate of drug-likeness (QED) is 0.835. The van der Waals surface area contributed by atoms with Gasteiger partial charge in [0.15, 0.2) is 0 Å². The minimum absolute atomic E-state index is 0.164. The molecule has 0 aromatic rings. The first-order valence-corrected chi connectivity index (χ1v) is 10.8. The Bertz CT molecular complexity index is 482. The van der Waals surface area contributed by atoms with Gasteiger partial charge in [0.05, 0.1) is 6.54 Å². The van der Waals surface area contributed by atoms with E-state index in [-0.39, 0.29) is 11.8 Å². The van der Waals surface area contributed by atoms with Crippen molar-refractivity contribution < 1.29 is 9.59 Å². The number of likely N-dealkylation sites (tertiary alicyclic amines) is 2. The summed E-state index contributed by atoms with van der Waals surface area (Å²) < 4.78 is 0. The van der Waals surface area contributed by atoms with Crippen LogP contribution < -0.4 is 5.32 Å². The van der Waals surface area contributed by atoms with Crippen molar-refractivity contribution in [2.24, 2.45) is 17.8 Å². The number of carbonyl (C=O) groups excluding carboxylic acids is 2. The van der Waals surface area contributed by atoms with E-state index in [0.29, 0.717) is 30.3 Å². The Morgan fingerprint density at radius 2 is 1.58 bits per heavy atom. The summed E-state index contributed by atoms with van der Waals surface area (Å²) >= 11 is 0. The van der Waals surface area contributed by atoms with E-state index < -0.39 is 0 Å². The van der Waals surface area contributed by atoms with Gasteiger partial charge < -0.3 is 10.2 Å². The lowest BCUT2D eigenvalue weighted by Gasteiger charge is -2.37. The number of nitrogens with zero attached hydrogens (tertiary/aromatic N) is 2. The maximum absolute atomic E-state index is 12.6. The molecule has 1 saturated carbocycles. The van der Waals surface area contributed by atoms with Crippen LogP contribution in [0, 0.1) is 17.8 Å². The van der Waals surface area contributed by atoms with Crippen LogP contribution in [0.5, 0.6) is 0 Å². The molecule has 0 aromatic carbocycles. The molecule has 3 aliphatic rings. The second-order valence-electron chi connectivity index (χ2n) is 8.88. The smallest absolute Gasteiger partial charge is 0.234 e. The van der Waals surface area contributed by atoms with Crippen LogP contribution in [-0.2, 0) is 9.59 Å². The molecule has 148 valence electrons. The second-order valence-corrected chi connectivity index (χ2v) is 8.88. The molecule has 0 bridgehead atoms. The normalized spacial score (nSPS) is 31.6. The molecule has 26 heavy (non-hydrogen) atoms. The van der Waals surface area contributed by atoms with Gasteiger partial charge in [-0.2, -0.15) is 0 Å². The number of hydrogen-bond donors (Lipinski definition) is 1.